The predicted molar refractivity (Wildman–Crippen MR) is 71.0 cm³/mol. The first-order chi connectivity index (χ1) is 8.73. The fourth-order valence-electron chi connectivity index (χ4n) is 2.63. The minimum Gasteiger partial charge on any atom is -0.368 e. The van der Waals surface area contributed by atoms with Crippen LogP contribution in [0.3, 0.4) is 0 Å². The van der Waals surface area contributed by atoms with Gasteiger partial charge in [0.05, 0.1) is 5.54 Å². The highest BCUT2D eigenvalue weighted by Gasteiger charge is 2.36. The molecular weight excluding hydrogens is 226 g/mol. The molecule has 98 valence electrons. The van der Waals surface area contributed by atoms with E-state index in [0.717, 1.165) is 50.8 Å². The molecule has 0 saturated carbocycles. The normalized spacial score (nSPS) is 23.8. The number of aromatic nitrogens is 1. The van der Waals surface area contributed by atoms with Gasteiger partial charge in [-0.1, -0.05) is 6.07 Å². The molecule has 0 aromatic carbocycles. The quantitative estimate of drug-likeness (QED) is 0.826. The van der Waals surface area contributed by atoms with Crippen molar-refractivity contribution in [2.45, 2.75) is 44.1 Å². The van der Waals surface area contributed by atoms with Gasteiger partial charge >= 0.3 is 0 Å². The molecule has 2 rings (SSSR count). The standard InChI is InChI=1S/C14H21N3O/c15-13(18)14(8-2-4-11-17-14)9-5-7-12-6-1-3-10-16-12/h1,3,6,10,17H,2,4-5,7-9,11H2,(H2,15,18). The van der Waals surface area contributed by atoms with E-state index in [0.29, 0.717) is 0 Å². The van der Waals surface area contributed by atoms with Crippen molar-refractivity contribution in [1.82, 2.24) is 10.3 Å². The molecule has 1 aromatic rings. The van der Waals surface area contributed by atoms with Gasteiger partial charge in [-0.05, 0) is 57.2 Å². The van der Waals surface area contributed by atoms with Crippen LogP contribution in [0.25, 0.3) is 0 Å². The van der Waals surface area contributed by atoms with Crippen molar-refractivity contribution < 1.29 is 4.79 Å². The van der Waals surface area contributed by atoms with Gasteiger partial charge in [-0.3, -0.25) is 9.78 Å². The summed E-state index contributed by atoms with van der Waals surface area (Å²) in [6, 6.07) is 5.92. The third-order valence-corrected chi connectivity index (χ3v) is 3.73. The van der Waals surface area contributed by atoms with Crippen molar-refractivity contribution >= 4 is 5.91 Å². The Balaban J connectivity index is 1.88. The molecule has 0 spiro atoms. The van der Waals surface area contributed by atoms with E-state index in [4.69, 9.17) is 5.73 Å². The van der Waals surface area contributed by atoms with Gasteiger partial charge in [-0.25, -0.2) is 0 Å². The topological polar surface area (TPSA) is 68.0 Å². The van der Waals surface area contributed by atoms with Crippen molar-refractivity contribution in [3.8, 4) is 0 Å². The van der Waals surface area contributed by atoms with Gasteiger partial charge < -0.3 is 11.1 Å². The number of rotatable bonds is 5. The number of hydrogen-bond donors (Lipinski definition) is 2. The summed E-state index contributed by atoms with van der Waals surface area (Å²) in [7, 11) is 0. The number of carbonyl (C=O) groups excluding carboxylic acids is 1. The maximum absolute atomic E-state index is 11.7. The molecule has 1 aliphatic rings. The molecule has 4 heteroatoms. The molecule has 1 fully saturated rings. The maximum Gasteiger partial charge on any atom is 0.237 e. The lowest BCUT2D eigenvalue weighted by Gasteiger charge is -2.35. The Morgan fingerprint density at radius 3 is 2.94 bits per heavy atom. The number of aryl methyl sites for hydroxylation is 1. The molecule has 3 N–H and O–H groups in total. The van der Waals surface area contributed by atoms with Crippen LogP contribution in [0.5, 0.6) is 0 Å². The van der Waals surface area contributed by atoms with E-state index >= 15 is 0 Å². The predicted octanol–water partition coefficient (Wildman–Crippen LogP) is 1.40. The average molecular weight is 247 g/mol. The van der Waals surface area contributed by atoms with E-state index in [2.05, 4.69) is 10.3 Å². The Bertz CT molecular complexity index is 385. The molecule has 1 aliphatic heterocycles. The minimum absolute atomic E-state index is 0.205. The summed E-state index contributed by atoms with van der Waals surface area (Å²) in [5.74, 6) is -0.205. The Morgan fingerprint density at radius 1 is 1.44 bits per heavy atom. The third-order valence-electron chi connectivity index (χ3n) is 3.73. The Kier molecular flexibility index (Phi) is 4.31. The van der Waals surface area contributed by atoms with Crippen LogP contribution in [0.2, 0.25) is 0 Å². The summed E-state index contributed by atoms with van der Waals surface area (Å²) in [4.78, 5) is 16.0. The van der Waals surface area contributed by atoms with Crippen LogP contribution in [0.4, 0.5) is 0 Å². The zero-order valence-corrected chi connectivity index (χ0v) is 10.7. The summed E-state index contributed by atoms with van der Waals surface area (Å²) >= 11 is 0. The first-order valence-electron chi connectivity index (χ1n) is 6.68. The van der Waals surface area contributed by atoms with Gasteiger partial charge in [0, 0.05) is 11.9 Å². The Labute approximate surface area is 108 Å². The summed E-state index contributed by atoms with van der Waals surface area (Å²) < 4.78 is 0. The molecule has 1 saturated heterocycles. The Morgan fingerprint density at radius 2 is 2.33 bits per heavy atom. The van der Waals surface area contributed by atoms with Crippen LogP contribution in [0.15, 0.2) is 24.4 Å². The highest BCUT2D eigenvalue weighted by molar-refractivity contribution is 5.84. The second-order valence-corrected chi connectivity index (χ2v) is 5.00. The maximum atomic E-state index is 11.7. The zero-order chi connectivity index (χ0) is 12.8. The lowest BCUT2D eigenvalue weighted by Crippen LogP contribution is -2.57. The van der Waals surface area contributed by atoms with Crippen molar-refractivity contribution in [3.05, 3.63) is 30.1 Å². The number of primary amides is 1. The number of nitrogens with one attached hydrogen (secondary N) is 1. The molecule has 1 aromatic heterocycles. The molecule has 2 heterocycles. The summed E-state index contributed by atoms with van der Waals surface area (Å²) in [5.41, 5.74) is 6.16. The molecule has 1 atom stereocenters. The molecule has 0 radical (unpaired) electrons. The summed E-state index contributed by atoms with van der Waals surface area (Å²) in [5, 5.41) is 3.32. The summed E-state index contributed by atoms with van der Waals surface area (Å²) in [6.07, 6.45) is 7.53. The molecule has 4 nitrogen and oxygen atoms in total. The average Bonchev–Trinajstić information content (AvgIpc) is 2.41. The van der Waals surface area contributed by atoms with Gasteiger partial charge in [0.25, 0.3) is 0 Å². The molecule has 1 unspecified atom stereocenters. The van der Waals surface area contributed by atoms with Gasteiger partial charge in [0.2, 0.25) is 5.91 Å². The van der Waals surface area contributed by atoms with E-state index in [1.54, 1.807) is 6.20 Å². The van der Waals surface area contributed by atoms with Gasteiger partial charge in [0.1, 0.15) is 0 Å². The van der Waals surface area contributed by atoms with Gasteiger partial charge in [-0.2, -0.15) is 0 Å². The number of hydrogen-bond acceptors (Lipinski definition) is 3. The fraction of sp³-hybridized carbons (Fsp3) is 0.571. The highest BCUT2D eigenvalue weighted by Crippen LogP contribution is 2.24. The second-order valence-electron chi connectivity index (χ2n) is 5.00. The number of amides is 1. The van der Waals surface area contributed by atoms with E-state index in [1.807, 2.05) is 18.2 Å². The molecule has 1 amide bonds. The fourth-order valence-corrected chi connectivity index (χ4v) is 2.63. The van der Waals surface area contributed by atoms with Crippen LogP contribution in [-0.2, 0) is 11.2 Å². The highest BCUT2D eigenvalue weighted by atomic mass is 16.1. The van der Waals surface area contributed by atoms with Gasteiger partial charge in [0.15, 0.2) is 0 Å². The molecule has 0 bridgehead atoms. The summed E-state index contributed by atoms with van der Waals surface area (Å²) in [6.45, 7) is 0.895. The first-order valence-corrected chi connectivity index (χ1v) is 6.68. The third kappa shape index (κ3) is 3.07. The van der Waals surface area contributed by atoms with Crippen LogP contribution in [0.1, 0.15) is 37.8 Å². The minimum atomic E-state index is -0.479. The first kappa shape index (κ1) is 13.0. The number of pyridine rings is 1. The van der Waals surface area contributed by atoms with Crippen molar-refractivity contribution in [3.63, 3.8) is 0 Å². The van der Waals surface area contributed by atoms with E-state index in [-0.39, 0.29) is 5.91 Å². The van der Waals surface area contributed by atoms with Crippen LogP contribution in [0, 0.1) is 0 Å². The SMILES string of the molecule is NC(=O)C1(CCCc2ccccn2)CCCCN1. The number of piperidine rings is 1. The van der Waals surface area contributed by atoms with Crippen LogP contribution in [-0.4, -0.2) is 23.0 Å². The number of nitrogens with zero attached hydrogens (tertiary/aromatic N) is 1. The molecule has 18 heavy (non-hydrogen) atoms. The number of nitrogens with two attached hydrogens (primary N) is 1. The monoisotopic (exact) mass is 247 g/mol. The number of carbonyl (C=O) groups is 1. The lowest BCUT2D eigenvalue weighted by molar-refractivity contribution is -0.125. The van der Waals surface area contributed by atoms with Crippen molar-refractivity contribution in [2.24, 2.45) is 5.73 Å². The van der Waals surface area contributed by atoms with Crippen LogP contribution < -0.4 is 11.1 Å². The zero-order valence-electron chi connectivity index (χ0n) is 10.7. The largest absolute Gasteiger partial charge is 0.368 e. The molecule has 0 aliphatic carbocycles. The Hall–Kier alpha value is -1.42. The molecular formula is C14H21N3O. The van der Waals surface area contributed by atoms with Gasteiger partial charge in [-0.15, -0.1) is 0 Å². The van der Waals surface area contributed by atoms with Crippen LogP contribution >= 0.6 is 0 Å². The second kappa shape index (κ2) is 5.96. The van der Waals surface area contributed by atoms with E-state index in [9.17, 15) is 4.79 Å². The van der Waals surface area contributed by atoms with Crippen molar-refractivity contribution in [1.29, 1.82) is 0 Å². The van der Waals surface area contributed by atoms with E-state index < -0.39 is 5.54 Å². The van der Waals surface area contributed by atoms with Crippen molar-refractivity contribution in [2.75, 3.05) is 6.54 Å². The smallest absolute Gasteiger partial charge is 0.237 e. The lowest BCUT2D eigenvalue weighted by atomic mass is 9.83. The van der Waals surface area contributed by atoms with E-state index in [1.165, 1.54) is 0 Å².